The molecule has 4 rings (SSSR count). The summed E-state index contributed by atoms with van der Waals surface area (Å²) in [6.45, 7) is 1.32. The van der Waals surface area contributed by atoms with E-state index in [0.717, 1.165) is 42.8 Å². The SMILES string of the molecule is CN1CCOc2ccc(C(=O)N[C@@H](Cc3ccccc3)C(=O)N[C@@H](CC3CCC3)B(O)O)cc21. The van der Waals surface area contributed by atoms with E-state index in [-0.39, 0.29) is 12.3 Å². The van der Waals surface area contributed by atoms with Gasteiger partial charge in [-0.2, -0.15) is 0 Å². The van der Waals surface area contributed by atoms with Crippen molar-refractivity contribution in [3.63, 3.8) is 0 Å². The number of likely N-dealkylation sites (N-methyl/N-ethyl adjacent to an activating group) is 1. The van der Waals surface area contributed by atoms with E-state index in [1.165, 1.54) is 0 Å². The van der Waals surface area contributed by atoms with Gasteiger partial charge in [-0.3, -0.25) is 9.59 Å². The topological polar surface area (TPSA) is 111 Å². The van der Waals surface area contributed by atoms with E-state index in [4.69, 9.17) is 4.74 Å². The zero-order valence-electron chi connectivity index (χ0n) is 19.4. The monoisotopic (exact) mass is 465 g/mol. The maximum absolute atomic E-state index is 13.2. The largest absolute Gasteiger partial charge is 0.490 e. The average Bonchev–Trinajstić information content (AvgIpc) is 2.80. The number of carbonyl (C=O) groups is 2. The fourth-order valence-electron chi connectivity index (χ4n) is 4.42. The Labute approximate surface area is 200 Å². The van der Waals surface area contributed by atoms with Crippen LogP contribution in [0.25, 0.3) is 0 Å². The minimum Gasteiger partial charge on any atom is -0.490 e. The first-order valence-corrected chi connectivity index (χ1v) is 11.9. The van der Waals surface area contributed by atoms with E-state index in [1.807, 2.05) is 42.3 Å². The fourth-order valence-corrected chi connectivity index (χ4v) is 4.42. The molecule has 180 valence electrons. The van der Waals surface area contributed by atoms with Crippen molar-refractivity contribution in [2.75, 3.05) is 25.1 Å². The number of carbonyl (C=O) groups excluding carboxylic acids is 2. The summed E-state index contributed by atoms with van der Waals surface area (Å²) >= 11 is 0. The minimum absolute atomic E-state index is 0.282. The van der Waals surface area contributed by atoms with Crippen LogP contribution in [-0.4, -0.2) is 61.2 Å². The third kappa shape index (κ3) is 5.90. The van der Waals surface area contributed by atoms with Gasteiger partial charge < -0.3 is 30.3 Å². The van der Waals surface area contributed by atoms with Crippen LogP contribution < -0.4 is 20.3 Å². The molecule has 4 N–H and O–H groups in total. The number of rotatable bonds is 9. The van der Waals surface area contributed by atoms with E-state index in [1.54, 1.807) is 18.2 Å². The number of amides is 2. The lowest BCUT2D eigenvalue weighted by molar-refractivity contribution is -0.123. The van der Waals surface area contributed by atoms with Crippen LogP contribution >= 0.6 is 0 Å². The second kappa shape index (κ2) is 10.9. The van der Waals surface area contributed by atoms with Crippen LogP contribution in [0, 0.1) is 5.92 Å². The summed E-state index contributed by atoms with van der Waals surface area (Å²) in [5.41, 5.74) is 2.14. The second-order valence-corrected chi connectivity index (χ2v) is 9.23. The normalized spacial score (nSPS) is 17.0. The van der Waals surface area contributed by atoms with Crippen LogP contribution in [0.15, 0.2) is 48.5 Å². The summed E-state index contributed by atoms with van der Waals surface area (Å²) < 4.78 is 5.65. The molecular formula is C25H32BN3O5. The molecule has 0 unspecified atom stereocenters. The molecule has 1 saturated carbocycles. The van der Waals surface area contributed by atoms with Crippen LogP contribution in [0.4, 0.5) is 5.69 Å². The molecular weight excluding hydrogens is 433 g/mol. The van der Waals surface area contributed by atoms with Crippen LogP contribution in [0.2, 0.25) is 0 Å². The van der Waals surface area contributed by atoms with Gasteiger partial charge in [0.25, 0.3) is 5.91 Å². The molecule has 2 aliphatic rings. The first kappa shape index (κ1) is 24.1. The summed E-state index contributed by atoms with van der Waals surface area (Å²) in [5.74, 6) is -0.489. The molecule has 34 heavy (non-hydrogen) atoms. The van der Waals surface area contributed by atoms with Gasteiger partial charge in [0.1, 0.15) is 18.4 Å². The van der Waals surface area contributed by atoms with Gasteiger partial charge >= 0.3 is 7.12 Å². The fraction of sp³-hybridized carbons (Fsp3) is 0.440. The number of fused-ring (bicyclic) bond motifs is 1. The van der Waals surface area contributed by atoms with Crippen molar-refractivity contribution in [1.29, 1.82) is 0 Å². The molecule has 0 bridgehead atoms. The highest BCUT2D eigenvalue weighted by Crippen LogP contribution is 2.32. The molecule has 0 spiro atoms. The molecule has 0 saturated heterocycles. The van der Waals surface area contributed by atoms with Gasteiger partial charge in [0.05, 0.1) is 18.2 Å². The molecule has 1 aliphatic carbocycles. The van der Waals surface area contributed by atoms with Crippen molar-refractivity contribution in [2.45, 2.75) is 44.1 Å². The number of nitrogens with one attached hydrogen (secondary N) is 2. The van der Waals surface area contributed by atoms with Gasteiger partial charge in [0, 0.05) is 19.0 Å². The molecule has 2 atom stereocenters. The van der Waals surface area contributed by atoms with Gasteiger partial charge in [-0.1, -0.05) is 49.6 Å². The Balaban J connectivity index is 1.50. The Morgan fingerprint density at radius 2 is 1.91 bits per heavy atom. The zero-order valence-corrected chi connectivity index (χ0v) is 19.4. The minimum atomic E-state index is -1.66. The van der Waals surface area contributed by atoms with E-state index < -0.39 is 25.0 Å². The van der Waals surface area contributed by atoms with E-state index >= 15 is 0 Å². The molecule has 1 aliphatic heterocycles. The summed E-state index contributed by atoms with van der Waals surface area (Å²) in [6, 6.07) is 13.8. The van der Waals surface area contributed by atoms with Crippen LogP contribution in [-0.2, 0) is 11.2 Å². The molecule has 1 fully saturated rings. The molecule has 8 nitrogen and oxygen atoms in total. The van der Waals surface area contributed by atoms with Crippen molar-refractivity contribution < 1.29 is 24.4 Å². The maximum Gasteiger partial charge on any atom is 0.475 e. The maximum atomic E-state index is 13.2. The number of ether oxygens (including phenoxy) is 1. The van der Waals surface area contributed by atoms with Crippen LogP contribution in [0.5, 0.6) is 5.75 Å². The number of anilines is 1. The third-order valence-corrected chi connectivity index (χ3v) is 6.72. The first-order chi connectivity index (χ1) is 16.4. The Morgan fingerprint density at radius 1 is 1.15 bits per heavy atom. The molecule has 1 heterocycles. The Bertz CT molecular complexity index is 999. The smallest absolute Gasteiger partial charge is 0.475 e. The van der Waals surface area contributed by atoms with Crippen molar-refractivity contribution in [2.24, 2.45) is 5.92 Å². The molecule has 2 aromatic carbocycles. The molecule has 2 amide bonds. The Hall–Kier alpha value is -3.04. The standard InChI is InChI=1S/C25H32BN3O5/c1-29-12-13-34-22-11-10-19(16-21(22)29)24(30)27-20(14-17-6-3-2-4-7-17)25(31)28-23(26(32)33)15-18-8-5-9-18/h2-4,6-7,10-11,16,18,20,23,32-33H,5,8-9,12-15H2,1H3,(H,27,30)(H,28,31)/t20-,23-/m0/s1. The number of nitrogens with zero attached hydrogens (tertiary/aromatic N) is 1. The Kier molecular flexibility index (Phi) is 7.75. The van der Waals surface area contributed by atoms with E-state index in [0.29, 0.717) is 24.5 Å². The quantitative estimate of drug-likeness (QED) is 0.419. The lowest BCUT2D eigenvalue weighted by Crippen LogP contribution is -2.55. The Morgan fingerprint density at radius 3 is 2.59 bits per heavy atom. The van der Waals surface area contributed by atoms with Gasteiger partial charge in [0.15, 0.2) is 0 Å². The van der Waals surface area contributed by atoms with E-state index in [9.17, 15) is 19.6 Å². The molecule has 2 aromatic rings. The highest BCUT2D eigenvalue weighted by atomic mass is 16.5. The van der Waals surface area contributed by atoms with Crippen LogP contribution in [0.3, 0.4) is 0 Å². The predicted octanol–water partition coefficient (Wildman–Crippen LogP) is 1.54. The lowest BCUT2D eigenvalue weighted by atomic mass is 9.69. The van der Waals surface area contributed by atoms with E-state index in [2.05, 4.69) is 10.6 Å². The molecule has 0 radical (unpaired) electrons. The molecule has 0 aromatic heterocycles. The van der Waals surface area contributed by atoms with Crippen molar-refractivity contribution in [1.82, 2.24) is 10.6 Å². The summed E-state index contributed by atoms with van der Waals surface area (Å²) in [6.07, 6.45) is 3.97. The van der Waals surface area contributed by atoms with Crippen LogP contribution in [0.1, 0.15) is 41.6 Å². The van der Waals surface area contributed by atoms with Gasteiger partial charge in [-0.15, -0.1) is 0 Å². The highest BCUT2D eigenvalue weighted by Gasteiger charge is 2.33. The highest BCUT2D eigenvalue weighted by molar-refractivity contribution is 6.43. The number of hydrogen-bond acceptors (Lipinski definition) is 6. The van der Waals surface area contributed by atoms with Crippen molar-refractivity contribution in [3.05, 3.63) is 59.7 Å². The lowest BCUT2D eigenvalue weighted by Gasteiger charge is -2.31. The average molecular weight is 465 g/mol. The van der Waals surface area contributed by atoms with Gasteiger partial charge in [-0.25, -0.2) is 0 Å². The first-order valence-electron chi connectivity index (χ1n) is 11.9. The number of hydrogen-bond donors (Lipinski definition) is 4. The van der Waals surface area contributed by atoms with Gasteiger partial charge in [0.2, 0.25) is 5.91 Å². The molecule has 9 heteroatoms. The predicted molar refractivity (Wildman–Crippen MR) is 131 cm³/mol. The second-order valence-electron chi connectivity index (χ2n) is 9.23. The summed E-state index contributed by atoms with van der Waals surface area (Å²) in [4.78, 5) is 28.4. The van der Waals surface area contributed by atoms with Gasteiger partial charge in [-0.05, 0) is 36.1 Å². The third-order valence-electron chi connectivity index (χ3n) is 6.72. The summed E-state index contributed by atoms with van der Waals surface area (Å²) in [5, 5.41) is 25.3. The zero-order chi connectivity index (χ0) is 24.1. The number of benzene rings is 2. The van der Waals surface area contributed by atoms with Crippen molar-refractivity contribution in [3.8, 4) is 5.75 Å². The summed E-state index contributed by atoms with van der Waals surface area (Å²) in [7, 11) is 0.283. The van der Waals surface area contributed by atoms with Crippen molar-refractivity contribution >= 4 is 24.6 Å².